The van der Waals surface area contributed by atoms with Gasteiger partial charge in [0.1, 0.15) is 0 Å². The minimum absolute atomic E-state index is 0.0316. The molecule has 0 bridgehead atoms. The molecule has 0 amide bonds. The first-order valence-electron chi connectivity index (χ1n) is 11.5. The highest BCUT2D eigenvalue weighted by Gasteiger charge is 2.21. The summed E-state index contributed by atoms with van der Waals surface area (Å²) in [6.07, 6.45) is 3.30. The van der Waals surface area contributed by atoms with Crippen LogP contribution in [0.5, 0.6) is 0 Å². The molecule has 1 saturated heterocycles. The topological polar surface area (TPSA) is 132 Å². The van der Waals surface area contributed by atoms with Crippen molar-refractivity contribution < 1.29 is 14.6 Å². The molecule has 35 heavy (non-hydrogen) atoms. The van der Waals surface area contributed by atoms with Crippen LogP contribution in [-0.2, 0) is 9.47 Å². The third-order valence-electron chi connectivity index (χ3n) is 5.55. The number of nitrogens with one attached hydrogen (secondary N) is 1. The Morgan fingerprint density at radius 2 is 1.91 bits per heavy atom. The van der Waals surface area contributed by atoms with Crippen LogP contribution in [0.1, 0.15) is 0 Å². The van der Waals surface area contributed by atoms with Crippen molar-refractivity contribution >= 4 is 39.0 Å². The molecule has 11 heteroatoms. The van der Waals surface area contributed by atoms with Gasteiger partial charge in [0.05, 0.1) is 48.8 Å². The van der Waals surface area contributed by atoms with E-state index in [1.165, 1.54) is 0 Å². The van der Waals surface area contributed by atoms with E-state index < -0.39 is 0 Å². The van der Waals surface area contributed by atoms with Crippen LogP contribution in [0.2, 0.25) is 0 Å². The van der Waals surface area contributed by atoms with E-state index in [0.717, 1.165) is 50.8 Å². The third kappa shape index (κ3) is 5.49. The van der Waals surface area contributed by atoms with Crippen molar-refractivity contribution in [2.24, 2.45) is 0 Å². The number of fused-ring (bicyclic) bond motifs is 1. The number of thiophene rings is 1. The summed E-state index contributed by atoms with van der Waals surface area (Å²) in [6, 6.07) is 10.4. The number of aliphatic hydroxyl groups is 1. The summed E-state index contributed by atoms with van der Waals surface area (Å²) in [5.74, 6) is 1.69. The minimum atomic E-state index is 0.0316. The zero-order chi connectivity index (χ0) is 24.0. The fraction of sp³-hybridized carbons (Fsp3) is 0.333. The lowest BCUT2D eigenvalue weighted by Crippen LogP contribution is -2.36. The van der Waals surface area contributed by atoms with Crippen molar-refractivity contribution in [2.45, 2.75) is 0 Å². The van der Waals surface area contributed by atoms with E-state index in [-0.39, 0.29) is 12.6 Å². The van der Waals surface area contributed by atoms with Gasteiger partial charge in [-0.2, -0.15) is 0 Å². The Labute approximate surface area is 206 Å². The number of aromatic nitrogens is 4. The van der Waals surface area contributed by atoms with E-state index >= 15 is 0 Å². The van der Waals surface area contributed by atoms with Crippen molar-refractivity contribution in [3.8, 4) is 21.8 Å². The zero-order valence-corrected chi connectivity index (χ0v) is 20.0. The molecule has 3 aromatic heterocycles. The average molecular weight is 494 g/mol. The lowest BCUT2D eigenvalue weighted by Gasteiger charge is -2.28. The molecule has 5 rings (SSSR count). The van der Waals surface area contributed by atoms with Crippen molar-refractivity contribution in [2.75, 3.05) is 68.6 Å². The fourth-order valence-corrected chi connectivity index (χ4v) is 4.96. The molecular formula is C24H27N7O3S. The van der Waals surface area contributed by atoms with Crippen molar-refractivity contribution in [3.05, 3.63) is 42.7 Å². The predicted molar refractivity (Wildman–Crippen MR) is 138 cm³/mol. The first-order chi connectivity index (χ1) is 17.2. The number of aliphatic hydroxyl groups excluding tert-OH is 1. The molecule has 1 aliphatic rings. The van der Waals surface area contributed by atoms with Gasteiger partial charge in [-0.15, -0.1) is 11.3 Å². The number of morpholine rings is 1. The zero-order valence-electron chi connectivity index (χ0n) is 19.2. The normalized spacial score (nSPS) is 13.9. The Bertz CT molecular complexity index is 1280. The highest BCUT2D eigenvalue weighted by atomic mass is 32.1. The Morgan fingerprint density at radius 1 is 1.09 bits per heavy atom. The lowest BCUT2D eigenvalue weighted by molar-refractivity contribution is 0.0992. The highest BCUT2D eigenvalue weighted by molar-refractivity contribution is 7.22. The number of ether oxygens (including phenoxy) is 2. The summed E-state index contributed by atoms with van der Waals surface area (Å²) in [5, 5.41) is 12.2. The second-order valence-corrected chi connectivity index (χ2v) is 9.02. The van der Waals surface area contributed by atoms with Crippen LogP contribution in [0.15, 0.2) is 42.7 Å². The van der Waals surface area contributed by atoms with Crippen LogP contribution in [0.25, 0.3) is 32.0 Å². The number of hydrogen-bond acceptors (Lipinski definition) is 11. The summed E-state index contributed by atoms with van der Waals surface area (Å²) in [7, 11) is 0. The number of nitrogen functional groups attached to an aromatic ring is 1. The SMILES string of the molecule is Nc1ncc(-c2nc(N3CCOCC3)c3sc(-c4cccc(NCCOCCO)c4)cc3n2)cn1. The first-order valence-corrected chi connectivity index (χ1v) is 12.3. The van der Waals surface area contributed by atoms with E-state index in [2.05, 4.69) is 38.4 Å². The molecule has 0 spiro atoms. The van der Waals surface area contributed by atoms with E-state index in [4.69, 9.17) is 30.3 Å². The maximum absolute atomic E-state index is 8.83. The molecule has 0 aliphatic carbocycles. The summed E-state index contributed by atoms with van der Waals surface area (Å²) in [4.78, 5) is 21.3. The largest absolute Gasteiger partial charge is 0.394 e. The van der Waals surface area contributed by atoms with Crippen LogP contribution in [0.3, 0.4) is 0 Å². The van der Waals surface area contributed by atoms with Gasteiger partial charge < -0.3 is 30.5 Å². The van der Waals surface area contributed by atoms with Crippen LogP contribution < -0.4 is 16.0 Å². The molecule has 1 aromatic carbocycles. The van der Waals surface area contributed by atoms with E-state index in [0.29, 0.717) is 38.8 Å². The standard InChI is InChI=1S/C24H27N7O3S/c25-24-27-14-17(15-28-24)22-29-19-13-20(35-21(19)23(30-22)31-5-9-34-10-6-31)16-2-1-3-18(12-16)26-4-8-33-11-7-32/h1-3,12-15,26,32H,4-11H2,(H2,25,27,28). The quantitative estimate of drug-likeness (QED) is 0.299. The van der Waals surface area contributed by atoms with Gasteiger partial charge in [0.2, 0.25) is 5.95 Å². The van der Waals surface area contributed by atoms with Crippen LogP contribution in [0.4, 0.5) is 17.5 Å². The molecule has 4 N–H and O–H groups in total. The van der Waals surface area contributed by atoms with Crippen molar-refractivity contribution in [1.82, 2.24) is 19.9 Å². The van der Waals surface area contributed by atoms with Crippen LogP contribution in [-0.4, -0.2) is 77.7 Å². The maximum Gasteiger partial charge on any atom is 0.219 e. The molecule has 0 atom stereocenters. The van der Waals surface area contributed by atoms with Crippen LogP contribution in [0, 0.1) is 0 Å². The summed E-state index contributed by atoms with van der Waals surface area (Å²) in [5.41, 5.74) is 9.37. The number of anilines is 3. The summed E-state index contributed by atoms with van der Waals surface area (Å²) >= 11 is 1.68. The molecule has 1 fully saturated rings. The Hall–Kier alpha value is -3.38. The van der Waals surface area contributed by atoms with Gasteiger partial charge in [0.15, 0.2) is 11.6 Å². The number of rotatable bonds is 9. The van der Waals surface area contributed by atoms with Crippen molar-refractivity contribution in [1.29, 1.82) is 0 Å². The van der Waals surface area contributed by atoms with E-state index in [1.54, 1.807) is 23.7 Å². The summed E-state index contributed by atoms with van der Waals surface area (Å²) in [6.45, 7) is 4.45. The third-order valence-corrected chi connectivity index (χ3v) is 6.72. The fourth-order valence-electron chi connectivity index (χ4n) is 3.85. The number of hydrogen-bond donors (Lipinski definition) is 3. The number of nitrogens with two attached hydrogens (primary N) is 1. The smallest absolute Gasteiger partial charge is 0.219 e. The molecule has 4 aromatic rings. The van der Waals surface area contributed by atoms with Gasteiger partial charge in [-0.1, -0.05) is 12.1 Å². The van der Waals surface area contributed by atoms with E-state index in [1.807, 2.05) is 12.1 Å². The van der Waals surface area contributed by atoms with Gasteiger partial charge in [-0.3, -0.25) is 0 Å². The van der Waals surface area contributed by atoms with Crippen LogP contribution >= 0.6 is 11.3 Å². The van der Waals surface area contributed by atoms with Gasteiger partial charge in [0.25, 0.3) is 0 Å². The average Bonchev–Trinajstić information content (AvgIpc) is 3.34. The predicted octanol–water partition coefficient (Wildman–Crippen LogP) is 2.65. The first kappa shape index (κ1) is 23.4. The maximum atomic E-state index is 8.83. The molecule has 182 valence electrons. The Morgan fingerprint density at radius 3 is 2.71 bits per heavy atom. The molecule has 0 radical (unpaired) electrons. The van der Waals surface area contributed by atoms with E-state index in [9.17, 15) is 0 Å². The van der Waals surface area contributed by atoms with Crippen molar-refractivity contribution in [3.63, 3.8) is 0 Å². The number of nitrogens with zero attached hydrogens (tertiary/aromatic N) is 5. The molecule has 0 unspecified atom stereocenters. The van der Waals surface area contributed by atoms with Gasteiger partial charge in [-0.05, 0) is 23.8 Å². The lowest BCUT2D eigenvalue weighted by atomic mass is 10.1. The molecule has 0 saturated carbocycles. The second kappa shape index (κ2) is 10.9. The molecule has 10 nitrogen and oxygen atoms in total. The second-order valence-electron chi connectivity index (χ2n) is 7.97. The van der Waals surface area contributed by atoms with Gasteiger partial charge >= 0.3 is 0 Å². The van der Waals surface area contributed by atoms with Gasteiger partial charge in [-0.25, -0.2) is 19.9 Å². The summed E-state index contributed by atoms with van der Waals surface area (Å²) < 4.78 is 11.9. The Kier molecular flexibility index (Phi) is 7.28. The molecule has 1 aliphatic heterocycles. The minimum Gasteiger partial charge on any atom is -0.394 e. The Balaban J connectivity index is 1.48. The highest BCUT2D eigenvalue weighted by Crippen LogP contribution is 2.39. The van der Waals surface area contributed by atoms with Gasteiger partial charge in [0, 0.05) is 42.6 Å². The molecular weight excluding hydrogens is 466 g/mol. The number of benzene rings is 1. The monoisotopic (exact) mass is 493 g/mol. The molecule has 4 heterocycles.